The second kappa shape index (κ2) is 15.3. The van der Waals surface area contributed by atoms with Crippen LogP contribution in [0, 0.1) is 30.0 Å². The number of hydrogen-bond acceptors (Lipinski definition) is 1. The zero-order valence-corrected chi connectivity index (χ0v) is 22.9. The smallest absolute Gasteiger partial charge is 0.131 e. The molecule has 0 radical (unpaired) electrons. The molecule has 182 valence electrons. The number of aryl methyl sites for hydroxylation is 1. The van der Waals surface area contributed by atoms with Crippen LogP contribution in [-0.4, -0.2) is 7.11 Å². The molecule has 0 spiro atoms. The maximum atomic E-state index is 13.9. The van der Waals surface area contributed by atoms with E-state index < -0.39 is 0 Å². The van der Waals surface area contributed by atoms with Crippen molar-refractivity contribution in [1.82, 2.24) is 0 Å². The summed E-state index contributed by atoms with van der Waals surface area (Å²) in [6.07, 6.45) is 4.29. The largest absolute Gasteiger partial charge is 0.497 e. The van der Waals surface area contributed by atoms with Crippen molar-refractivity contribution in [3.8, 4) is 16.9 Å². The van der Waals surface area contributed by atoms with Crippen molar-refractivity contribution in [2.75, 3.05) is 7.11 Å². The van der Waals surface area contributed by atoms with Crippen molar-refractivity contribution >= 4 is 11.6 Å². The van der Waals surface area contributed by atoms with Gasteiger partial charge >= 0.3 is 0 Å². The number of halogens is 2. The number of methoxy groups -OCH3 is 1. The molecular weight excluding hydrogens is 419 g/mol. The van der Waals surface area contributed by atoms with E-state index in [-0.39, 0.29) is 5.82 Å². The summed E-state index contributed by atoms with van der Waals surface area (Å²) in [6.45, 7) is 19.5. The van der Waals surface area contributed by atoms with E-state index in [1.165, 1.54) is 25.3 Å². The fourth-order valence-corrected chi connectivity index (χ4v) is 4.44. The second-order valence-corrected chi connectivity index (χ2v) is 8.80. The van der Waals surface area contributed by atoms with Gasteiger partial charge in [0.2, 0.25) is 0 Å². The van der Waals surface area contributed by atoms with Gasteiger partial charge in [-0.15, -0.1) is 11.6 Å². The third-order valence-electron chi connectivity index (χ3n) is 6.67. The Kier molecular flexibility index (Phi) is 14.6. The van der Waals surface area contributed by atoms with Crippen LogP contribution in [0.25, 0.3) is 11.1 Å². The van der Waals surface area contributed by atoms with E-state index in [1.54, 1.807) is 19.2 Å². The quantitative estimate of drug-likeness (QED) is 0.409. The molecule has 2 atom stereocenters. The molecule has 0 heterocycles. The molecule has 32 heavy (non-hydrogen) atoms. The highest BCUT2D eigenvalue weighted by molar-refractivity contribution is 6.17. The Labute approximate surface area is 202 Å². The van der Waals surface area contributed by atoms with E-state index in [2.05, 4.69) is 27.7 Å². The van der Waals surface area contributed by atoms with Crippen LogP contribution >= 0.6 is 11.6 Å². The van der Waals surface area contributed by atoms with Gasteiger partial charge in [0, 0.05) is 11.4 Å². The topological polar surface area (TPSA) is 9.23 Å². The standard InChI is InChI=1S/C15H14ClFO.C10H20.2C2H6/c1-10-7-11(9-16)3-5-13(10)14-8-12(18-2)4-6-15(14)17;1-5-9-7-6-8(2)10(9,3)4;2*1-2/h3-8H,9H2,1-2H3;8-9H,5-7H2,1-4H3;2*1-2H3. The number of rotatable bonds is 4. The molecule has 2 unspecified atom stereocenters. The summed E-state index contributed by atoms with van der Waals surface area (Å²) in [7, 11) is 1.57. The van der Waals surface area contributed by atoms with Crippen molar-refractivity contribution < 1.29 is 9.13 Å². The normalized spacial score (nSPS) is 18.2. The minimum atomic E-state index is -0.252. The molecule has 2 aromatic rings. The molecule has 3 heteroatoms. The van der Waals surface area contributed by atoms with E-state index in [4.69, 9.17) is 16.3 Å². The summed E-state index contributed by atoms with van der Waals surface area (Å²) < 4.78 is 19.0. The highest BCUT2D eigenvalue weighted by Gasteiger charge is 2.38. The lowest BCUT2D eigenvalue weighted by atomic mass is 9.75. The predicted octanol–water partition coefficient (Wildman–Crippen LogP) is 10.1. The van der Waals surface area contributed by atoms with Crippen LogP contribution in [0.4, 0.5) is 4.39 Å². The van der Waals surface area contributed by atoms with E-state index in [0.29, 0.717) is 22.6 Å². The molecule has 0 bridgehead atoms. The summed E-state index contributed by atoms with van der Waals surface area (Å²) in [4.78, 5) is 0. The van der Waals surface area contributed by atoms with Crippen LogP contribution in [0.1, 0.15) is 85.8 Å². The Hall–Kier alpha value is -1.54. The third-order valence-corrected chi connectivity index (χ3v) is 6.98. The summed E-state index contributed by atoms with van der Waals surface area (Å²) >= 11 is 5.78. The van der Waals surface area contributed by atoms with Gasteiger partial charge in [-0.1, -0.05) is 80.0 Å². The zero-order chi connectivity index (χ0) is 24.9. The van der Waals surface area contributed by atoms with Gasteiger partial charge in [-0.2, -0.15) is 0 Å². The molecule has 1 fully saturated rings. The summed E-state index contributed by atoms with van der Waals surface area (Å²) in [6, 6.07) is 10.5. The van der Waals surface area contributed by atoms with E-state index >= 15 is 0 Å². The van der Waals surface area contributed by atoms with E-state index in [1.807, 2.05) is 52.8 Å². The Balaban J connectivity index is 0.000000582. The van der Waals surface area contributed by atoms with Gasteiger partial charge in [0.05, 0.1) is 7.11 Å². The molecule has 1 nitrogen and oxygen atoms in total. The predicted molar refractivity (Wildman–Crippen MR) is 141 cm³/mol. The maximum absolute atomic E-state index is 13.9. The highest BCUT2D eigenvalue weighted by atomic mass is 35.5. The monoisotopic (exact) mass is 464 g/mol. The Bertz CT molecular complexity index is 785. The maximum Gasteiger partial charge on any atom is 0.131 e. The molecule has 0 aliphatic heterocycles. The molecule has 3 rings (SSSR count). The molecule has 1 aliphatic carbocycles. The number of ether oxygens (including phenoxy) is 1. The van der Waals surface area contributed by atoms with Crippen LogP contribution in [0.2, 0.25) is 0 Å². The molecule has 1 aliphatic rings. The number of hydrogen-bond donors (Lipinski definition) is 0. The lowest BCUT2D eigenvalue weighted by Crippen LogP contribution is -2.22. The Morgan fingerprint density at radius 2 is 1.62 bits per heavy atom. The molecule has 0 amide bonds. The summed E-state index contributed by atoms with van der Waals surface area (Å²) in [5.74, 6) is 2.78. The van der Waals surface area contributed by atoms with Gasteiger partial charge in [0.1, 0.15) is 11.6 Å². The van der Waals surface area contributed by atoms with Crippen LogP contribution in [-0.2, 0) is 5.88 Å². The highest BCUT2D eigenvalue weighted by Crippen LogP contribution is 2.48. The van der Waals surface area contributed by atoms with Gasteiger partial charge in [-0.05, 0) is 71.9 Å². The van der Waals surface area contributed by atoms with Crippen molar-refractivity contribution in [3.05, 3.63) is 53.3 Å². The SMILES string of the molecule is CC.CC.CCC1CCC(C)C1(C)C.COc1ccc(F)c(-c2ccc(CCl)cc2C)c1. The second-order valence-electron chi connectivity index (χ2n) is 8.53. The fraction of sp³-hybridized carbons (Fsp3) is 0.586. The van der Waals surface area contributed by atoms with Crippen LogP contribution in [0.15, 0.2) is 36.4 Å². The van der Waals surface area contributed by atoms with Gasteiger partial charge < -0.3 is 4.74 Å². The first-order chi connectivity index (χ1) is 15.2. The van der Waals surface area contributed by atoms with Gasteiger partial charge in [-0.3, -0.25) is 0 Å². The Morgan fingerprint density at radius 1 is 1.00 bits per heavy atom. The summed E-state index contributed by atoms with van der Waals surface area (Å²) in [5, 5.41) is 0. The molecular formula is C29H46ClFO. The first kappa shape index (κ1) is 30.5. The minimum Gasteiger partial charge on any atom is -0.497 e. The van der Waals surface area contributed by atoms with Crippen molar-refractivity contribution in [2.45, 2.75) is 87.5 Å². The van der Waals surface area contributed by atoms with Gasteiger partial charge in [-0.25, -0.2) is 4.39 Å². The van der Waals surface area contributed by atoms with E-state index in [0.717, 1.165) is 28.5 Å². The van der Waals surface area contributed by atoms with Crippen molar-refractivity contribution in [2.24, 2.45) is 17.3 Å². The Morgan fingerprint density at radius 3 is 2.03 bits per heavy atom. The third kappa shape index (κ3) is 8.10. The number of alkyl halides is 1. The van der Waals surface area contributed by atoms with Crippen molar-refractivity contribution in [3.63, 3.8) is 0 Å². The molecule has 2 aromatic carbocycles. The van der Waals surface area contributed by atoms with E-state index in [9.17, 15) is 4.39 Å². The lowest BCUT2D eigenvalue weighted by molar-refractivity contribution is 0.193. The molecule has 0 N–H and O–H groups in total. The van der Waals surface area contributed by atoms with Crippen LogP contribution in [0.3, 0.4) is 0 Å². The first-order valence-electron chi connectivity index (χ1n) is 12.2. The summed E-state index contributed by atoms with van der Waals surface area (Å²) in [5.41, 5.74) is 4.06. The van der Waals surface area contributed by atoms with Gasteiger partial charge in [0.25, 0.3) is 0 Å². The average molecular weight is 465 g/mol. The minimum absolute atomic E-state index is 0.252. The molecule has 0 aromatic heterocycles. The van der Waals surface area contributed by atoms with Crippen LogP contribution in [0.5, 0.6) is 5.75 Å². The first-order valence-corrected chi connectivity index (χ1v) is 12.8. The zero-order valence-electron chi connectivity index (χ0n) is 22.1. The average Bonchev–Trinajstić information content (AvgIpc) is 3.08. The van der Waals surface area contributed by atoms with Crippen molar-refractivity contribution in [1.29, 1.82) is 0 Å². The fourth-order valence-electron chi connectivity index (χ4n) is 4.28. The van der Waals surface area contributed by atoms with Crippen LogP contribution < -0.4 is 4.74 Å². The van der Waals surface area contributed by atoms with Gasteiger partial charge in [0.15, 0.2) is 0 Å². The number of benzene rings is 2. The molecule has 1 saturated carbocycles. The lowest BCUT2D eigenvalue weighted by Gasteiger charge is -2.30. The molecule has 0 saturated heterocycles.